The highest BCUT2D eigenvalue weighted by Crippen LogP contribution is 2.20. The summed E-state index contributed by atoms with van der Waals surface area (Å²) >= 11 is 6.06. The lowest BCUT2D eigenvalue weighted by atomic mass is 10.1. The highest BCUT2D eigenvalue weighted by Gasteiger charge is 2.06. The molecule has 146 valence electrons. The van der Waals surface area contributed by atoms with E-state index in [0.717, 1.165) is 27.8 Å². The van der Waals surface area contributed by atoms with Gasteiger partial charge in [-0.1, -0.05) is 60.1 Å². The molecule has 5 heteroatoms. The van der Waals surface area contributed by atoms with Gasteiger partial charge in [-0.05, 0) is 48.0 Å². The fourth-order valence-corrected chi connectivity index (χ4v) is 3.20. The number of fused-ring (bicyclic) bond motifs is 1. The number of carbonyl (C=O) groups is 1. The van der Waals surface area contributed by atoms with Gasteiger partial charge in [0.15, 0.2) is 0 Å². The van der Waals surface area contributed by atoms with Crippen LogP contribution in [0.2, 0.25) is 5.02 Å². The molecule has 0 saturated heterocycles. The molecule has 1 aromatic heterocycles. The monoisotopic (exact) mass is 412 g/mol. The Morgan fingerprint density at radius 1 is 0.933 bits per heavy atom. The Bertz CT molecular complexity index is 1300. The third-order valence-corrected chi connectivity index (χ3v) is 4.77. The molecule has 0 unspecified atom stereocenters. The first-order chi connectivity index (χ1) is 14.6. The van der Waals surface area contributed by atoms with Gasteiger partial charge in [0.05, 0.1) is 22.5 Å². The summed E-state index contributed by atoms with van der Waals surface area (Å²) in [6, 6.07) is 24.1. The van der Waals surface area contributed by atoms with E-state index in [1.165, 1.54) is 0 Å². The number of pyridine rings is 1. The lowest BCUT2D eigenvalue weighted by Gasteiger charge is -2.01. The van der Waals surface area contributed by atoms with Crippen LogP contribution in [0.1, 0.15) is 27.2 Å². The largest absolute Gasteiger partial charge is 0.478 e. The lowest BCUT2D eigenvalue weighted by Crippen LogP contribution is -2.00. The lowest BCUT2D eigenvalue weighted by molar-refractivity contribution is 0.0697. The van der Waals surface area contributed by atoms with Crippen molar-refractivity contribution in [1.29, 1.82) is 0 Å². The smallest absolute Gasteiger partial charge is 0.336 e. The quantitative estimate of drug-likeness (QED) is 0.380. The Morgan fingerprint density at radius 2 is 1.77 bits per heavy atom. The van der Waals surface area contributed by atoms with Crippen molar-refractivity contribution in [3.05, 3.63) is 106 Å². The Kier molecular flexibility index (Phi) is 5.68. The van der Waals surface area contributed by atoms with Crippen LogP contribution in [0, 0.1) is 0 Å². The minimum Gasteiger partial charge on any atom is -0.478 e. The number of hydrogen-bond donors (Lipinski definition) is 1. The van der Waals surface area contributed by atoms with Crippen LogP contribution in [0.5, 0.6) is 0 Å². The minimum atomic E-state index is -0.974. The maximum absolute atomic E-state index is 11.3. The van der Waals surface area contributed by atoms with Crippen molar-refractivity contribution < 1.29 is 9.90 Å². The predicted molar refractivity (Wildman–Crippen MR) is 123 cm³/mol. The first-order valence-electron chi connectivity index (χ1n) is 9.29. The number of hydrogen-bond acceptors (Lipinski definition) is 3. The van der Waals surface area contributed by atoms with E-state index in [0.29, 0.717) is 10.6 Å². The third-order valence-electron chi connectivity index (χ3n) is 4.54. The predicted octanol–water partition coefficient (Wildman–Crippen LogP) is 6.51. The summed E-state index contributed by atoms with van der Waals surface area (Å²) in [4.78, 5) is 20.4. The van der Waals surface area contributed by atoms with Gasteiger partial charge in [-0.25, -0.2) is 9.78 Å². The molecule has 0 radical (unpaired) electrons. The summed E-state index contributed by atoms with van der Waals surface area (Å²) < 4.78 is 0. The molecule has 0 atom stereocenters. The first-order valence-corrected chi connectivity index (χ1v) is 9.67. The summed E-state index contributed by atoms with van der Waals surface area (Å²) in [5.41, 5.74) is 4.15. The summed E-state index contributed by atoms with van der Waals surface area (Å²) in [6.07, 6.45) is 5.47. The minimum absolute atomic E-state index is 0.222. The van der Waals surface area contributed by atoms with Gasteiger partial charge in [0.2, 0.25) is 0 Å². The van der Waals surface area contributed by atoms with Crippen molar-refractivity contribution in [3.63, 3.8) is 0 Å². The van der Waals surface area contributed by atoms with Crippen LogP contribution < -0.4 is 0 Å². The topological polar surface area (TPSA) is 62.5 Å². The van der Waals surface area contributed by atoms with Crippen molar-refractivity contribution in [2.24, 2.45) is 4.99 Å². The summed E-state index contributed by atoms with van der Waals surface area (Å²) in [6.45, 7) is 0. The summed E-state index contributed by atoms with van der Waals surface area (Å²) in [5.74, 6) is -0.974. The highest BCUT2D eigenvalue weighted by atomic mass is 35.5. The van der Waals surface area contributed by atoms with Crippen LogP contribution in [0.15, 0.2) is 83.9 Å². The molecular weight excluding hydrogens is 396 g/mol. The van der Waals surface area contributed by atoms with Crippen molar-refractivity contribution in [2.75, 3.05) is 0 Å². The SMILES string of the molecule is O=C(O)c1ccccc1C=Nc1cccc(/C=C/c2ccc3ccc(Cl)cc3n2)c1. The zero-order valence-corrected chi connectivity index (χ0v) is 16.6. The molecule has 0 aliphatic heterocycles. The van der Waals surface area contributed by atoms with Crippen LogP contribution in [0.4, 0.5) is 5.69 Å². The molecule has 30 heavy (non-hydrogen) atoms. The Balaban J connectivity index is 1.56. The van der Waals surface area contributed by atoms with E-state index in [1.807, 2.05) is 66.7 Å². The number of carboxylic acids is 1. The second-order valence-electron chi connectivity index (χ2n) is 6.65. The van der Waals surface area contributed by atoms with Gasteiger partial charge >= 0.3 is 5.97 Å². The van der Waals surface area contributed by atoms with Gasteiger partial charge in [0.1, 0.15) is 0 Å². The van der Waals surface area contributed by atoms with Crippen LogP contribution in [0.3, 0.4) is 0 Å². The number of halogens is 1. The van der Waals surface area contributed by atoms with E-state index in [-0.39, 0.29) is 5.56 Å². The fraction of sp³-hybridized carbons (Fsp3) is 0. The Labute approximate surface area is 178 Å². The molecule has 1 heterocycles. The normalized spacial score (nSPS) is 11.5. The van der Waals surface area contributed by atoms with Crippen LogP contribution in [-0.2, 0) is 0 Å². The van der Waals surface area contributed by atoms with Crippen LogP contribution in [-0.4, -0.2) is 22.3 Å². The van der Waals surface area contributed by atoms with Crippen molar-refractivity contribution in [2.45, 2.75) is 0 Å². The third kappa shape index (κ3) is 4.62. The highest BCUT2D eigenvalue weighted by molar-refractivity contribution is 6.31. The molecule has 0 bridgehead atoms. The number of aromatic carboxylic acids is 1. The van der Waals surface area contributed by atoms with Gasteiger partial charge < -0.3 is 5.11 Å². The Hall–Kier alpha value is -3.76. The number of rotatable bonds is 5. The molecule has 0 saturated carbocycles. The van der Waals surface area contributed by atoms with E-state index in [1.54, 1.807) is 30.5 Å². The van der Waals surface area contributed by atoms with Gasteiger partial charge in [-0.2, -0.15) is 0 Å². The van der Waals surface area contributed by atoms with Gasteiger partial charge in [0.25, 0.3) is 0 Å². The van der Waals surface area contributed by atoms with Crippen LogP contribution in [0.25, 0.3) is 23.1 Å². The number of aliphatic imine (C=N–C) groups is 1. The van der Waals surface area contributed by atoms with E-state index in [2.05, 4.69) is 9.98 Å². The maximum Gasteiger partial charge on any atom is 0.336 e. The van der Waals surface area contributed by atoms with Gasteiger partial charge in [0, 0.05) is 22.2 Å². The van der Waals surface area contributed by atoms with Gasteiger partial charge in [-0.3, -0.25) is 4.99 Å². The second-order valence-corrected chi connectivity index (χ2v) is 7.09. The summed E-state index contributed by atoms with van der Waals surface area (Å²) in [7, 11) is 0. The molecule has 0 aliphatic carbocycles. The number of aromatic nitrogens is 1. The molecule has 3 aromatic carbocycles. The average molecular weight is 413 g/mol. The fourth-order valence-electron chi connectivity index (χ4n) is 3.04. The molecule has 0 fully saturated rings. The average Bonchev–Trinajstić information content (AvgIpc) is 2.76. The standard InChI is InChI=1S/C25H17ClN2O2/c26-20-11-9-18-10-13-21(28-24(18)15-20)12-8-17-4-3-6-22(14-17)27-16-19-5-1-2-7-23(19)25(29)30/h1-16H,(H,29,30)/b12-8+,27-16?. The zero-order valence-electron chi connectivity index (χ0n) is 15.9. The van der Waals surface area contributed by atoms with E-state index >= 15 is 0 Å². The Morgan fingerprint density at radius 3 is 2.63 bits per heavy atom. The number of nitrogens with zero attached hydrogens (tertiary/aromatic N) is 2. The first kappa shape index (κ1) is 19.6. The van der Waals surface area contributed by atoms with Crippen molar-refractivity contribution in [1.82, 2.24) is 4.98 Å². The zero-order chi connectivity index (χ0) is 20.9. The van der Waals surface area contributed by atoms with E-state index < -0.39 is 5.97 Å². The molecule has 0 aliphatic rings. The molecule has 1 N–H and O–H groups in total. The maximum atomic E-state index is 11.3. The molecule has 4 rings (SSSR count). The molecule has 4 nitrogen and oxygen atoms in total. The van der Waals surface area contributed by atoms with Gasteiger partial charge in [-0.15, -0.1) is 0 Å². The molecule has 0 spiro atoms. The van der Waals surface area contributed by atoms with Crippen molar-refractivity contribution >= 4 is 52.5 Å². The number of benzene rings is 3. The molecule has 4 aromatic rings. The van der Waals surface area contributed by atoms with Crippen molar-refractivity contribution in [3.8, 4) is 0 Å². The summed E-state index contributed by atoms with van der Waals surface area (Å²) in [5, 5.41) is 11.0. The second kappa shape index (κ2) is 8.72. The molecule has 0 amide bonds. The van der Waals surface area contributed by atoms with E-state index in [9.17, 15) is 9.90 Å². The molecular formula is C25H17ClN2O2. The van der Waals surface area contributed by atoms with Crippen LogP contribution >= 0.6 is 11.6 Å². The number of carboxylic acid groups (broad SMARTS) is 1. The van der Waals surface area contributed by atoms with E-state index in [4.69, 9.17) is 11.6 Å².